The molecule has 1 aliphatic rings. The van der Waals surface area contributed by atoms with Crippen LogP contribution in [0.3, 0.4) is 0 Å². The van der Waals surface area contributed by atoms with Gasteiger partial charge in [-0.15, -0.1) is 0 Å². The summed E-state index contributed by atoms with van der Waals surface area (Å²) < 4.78 is 5.48. The first-order chi connectivity index (χ1) is 8.79. The summed E-state index contributed by atoms with van der Waals surface area (Å²) in [6, 6.07) is 0.191. The number of amides is 1. The quantitative estimate of drug-likeness (QED) is 0.854. The first-order valence-electron chi connectivity index (χ1n) is 7.50. The van der Waals surface area contributed by atoms with Crippen LogP contribution in [0.1, 0.15) is 53.9 Å². The number of carbonyl (C=O) groups excluding carboxylic acids is 1. The first-order valence-corrected chi connectivity index (χ1v) is 7.50. The third-order valence-electron chi connectivity index (χ3n) is 3.49. The van der Waals surface area contributed by atoms with E-state index in [0.29, 0.717) is 0 Å². The van der Waals surface area contributed by atoms with Gasteiger partial charge in [-0.05, 0) is 72.9 Å². The van der Waals surface area contributed by atoms with Gasteiger partial charge >= 0.3 is 6.09 Å². The van der Waals surface area contributed by atoms with Gasteiger partial charge in [-0.3, -0.25) is 0 Å². The molecular weight excluding hydrogens is 240 g/mol. The minimum atomic E-state index is -0.418. The van der Waals surface area contributed by atoms with Crippen molar-refractivity contribution in [1.29, 1.82) is 0 Å². The zero-order valence-electron chi connectivity index (χ0n) is 13.2. The van der Waals surface area contributed by atoms with Crippen LogP contribution in [0.25, 0.3) is 0 Å². The van der Waals surface area contributed by atoms with E-state index in [2.05, 4.69) is 5.32 Å². The van der Waals surface area contributed by atoms with Crippen LogP contribution in [0.2, 0.25) is 0 Å². The smallest absolute Gasteiger partial charge is 0.410 e. The van der Waals surface area contributed by atoms with Crippen molar-refractivity contribution in [3.8, 4) is 0 Å². The van der Waals surface area contributed by atoms with Crippen LogP contribution >= 0.6 is 0 Å². The van der Waals surface area contributed by atoms with Gasteiger partial charge in [0.1, 0.15) is 5.60 Å². The van der Waals surface area contributed by atoms with Crippen molar-refractivity contribution >= 4 is 6.09 Å². The number of rotatable bonds is 4. The molecule has 19 heavy (non-hydrogen) atoms. The van der Waals surface area contributed by atoms with E-state index < -0.39 is 5.60 Å². The predicted molar refractivity (Wildman–Crippen MR) is 78.3 cm³/mol. The van der Waals surface area contributed by atoms with Crippen molar-refractivity contribution in [2.75, 3.05) is 19.6 Å². The number of hydrogen-bond acceptors (Lipinski definition) is 3. The van der Waals surface area contributed by atoms with E-state index in [1.807, 2.05) is 39.5 Å². The Hall–Kier alpha value is -0.770. The Bertz CT molecular complexity index is 278. The molecule has 1 N–H and O–H groups in total. The van der Waals surface area contributed by atoms with E-state index in [-0.39, 0.29) is 12.1 Å². The van der Waals surface area contributed by atoms with E-state index in [1.165, 1.54) is 12.8 Å². The first kappa shape index (κ1) is 16.3. The minimum Gasteiger partial charge on any atom is -0.444 e. The molecule has 1 fully saturated rings. The number of nitrogens with zero attached hydrogens (tertiary/aromatic N) is 1. The van der Waals surface area contributed by atoms with Crippen molar-refractivity contribution in [2.24, 2.45) is 5.92 Å². The fourth-order valence-corrected chi connectivity index (χ4v) is 2.37. The molecule has 0 unspecified atom stereocenters. The second-order valence-corrected chi connectivity index (χ2v) is 6.75. The molecule has 0 aliphatic carbocycles. The fourth-order valence-electron chi connectivity index (χ4n) is 2.37. The second-order valence-electron chi connectivity index (χ2n) is 6.75. The number of piperidine rings is 1. The van der Waals surface area contributed by atoms with E-state index in [0.717, 1.165) is 32.0 Å². The molecule has 0 spiro atoms. The summed E-state index contributed by atoms with van der Waals surface area (Å²) in [5, 5.41) is 3.37. The Kier molecular flexibility index (Phi) is 6.11. The van der Waals surface area contributed by atoms with Gasteiger partial charge in [0.2, 0.25) is 0 Å². The molecule has 112 valence electrons. The summed E-state index contributed by atoms with van der Waals surface area (Å²) in [6.07, 6.45) is 3.34. The second kappa shape index (κ2) is 7.13. The van der Waals surface area contributed by atoms with E-state index in [4.69, 9.17) is 4.74 Å². The molecule has 0 saturated carbocycles. The van der Waals surface area contributed by atoms with Crippen LogP contribution in [-0.4, -0.2) is 42.3 Å². The van der Waals surface area contributed by atoms with Crippen molar-refractivity contribution in [2.45, 2.75) is 65.5 Å². The molecule has 0 atom stereocenters. The van der Waals surface area contributed by atoms with Crippen molar-refractivity contribution in [1.82, 2.24) is 10.2 Å². The van der Waals surface area contributed by atoms with Crippen LogP contribution < -0.4 is 5.32 Å². The predicted octanol–water partition coefficient (Wildman–Crippen LogP) is 3.02. The maximum absolute atomic E-state index is 12.2. The Labute approximate surface area is 117 Å². The van der Waals surface area contributed by atoms with Crippen LogP contribution in [-0.2, 0) is 4.74 Å². The highest BCUT2D eigenvalue weighted by molar-refractivity contribution is 5.68. The van der Waals surface area contributed by atoms with E-state index in [9.17, 15) is 4.79 Å². The summed E-state index contributed by atoms with van der Waals surface area (Å²) in [7, 11) is 0. The molecule has 0 aromatic rings. The normalized spacial score (nSPS) is 17.6. The highest BCUT2D eigenvalue weighted by Gasteiger charge is 2.25. The van der Waals surface area contributed by atoms with E-state index in [1.54, 1.807) is 0 Å². The van der Waals surface area contributed by atoms with Gasteiger partial charge in [-0.25, -0.2) is 4.79 Å². The van der Waals surface area contributed by atoms with Crippen molar-refractivity contribution < 1.29 is 9.53 Å². The average Bonchev–Trinajstić information content (AvgIpc) is 2.27. The number of carbonyl (C=O) groups is 1. The Morgan fingerprint density at radius 3 is 2.37 bits per heavy atom. The summed E-state index contributed by atoms with van der Waals surface area (Å²) in [5.41, 5.74) is -0.418. The van der Waals surface area contributed by atoms with Crippen LogP contribution in [0.5, 0.6) is 0 Å². The van der Waals surface area contributed by atoms with Crippen LogP contribution in [0, 0.1) is 5.92 Å². The molecule has 0 aromatic carbocycles. The fraction of sp³-hybridized carbons (Fsp3) is 0.933. The molecule has 0 bridgehead atoms. The lowest BCUT2D eigenvalue weighted by Crippen LogP contribution is -2.42. The SMILES string of the molecule is CC(C)N(CCC1CCNCC1)C(=O)OC(C)(C)C. The molecule has 1 aliphatic heterocycles. The molecule has 0 aromatic heterocycles. The molecule has 1 heterocycles. The van der Waals surface area contributed by atoms with Gasteiger partial charge in [0.25, 0.3) is 0 Å². The molecular formula is C15H30N2O2. The van der Waals surface area contributed by atoms with Gasteiger partial charge in [0.15, 0.2) is 0 Å². The lowest BCUT2D eigenvalue weighted by Gasteiger charge is -2.32. The molecule has 4 heteroatoms. The summed E-state index contributed by atoms with van der Waals surface area (Å²) in [6.45, 7) is 12.9. The maximum Gasteiger partial charge on any atom is 0.410 e. The summed E-state index contributed by atoms with van der Waals surface area (Å²) >= 11 is 0. The number of ether oxygens (including phenoxy) is 1. The zero-order valence-corrected chi connectivity index (χ0v) is 13.2. The highest BCUT2D eigenvalue weighted by Crippen LogP contribution is 2.18. The molecule has 1 rings (SSSR count). The third kappa shape index (κ3) is 6.28. The monoisotopic (exact) mass is 270 g/mol. The average molecular weight is 270 g/mol. The van der Waals surface area contributed by atoms with Crippen LogP contribution in [0.4, 0.5) is 4.79 Å². The van der Waals surface area contributed by atoms with Crippen LogP contribution in [0.15, 0.2) is 0 Å². The van der Waals surface area contributed by atoms with Crippen molar-refractivity contribution in [3.05, 3.63) is 0 Å². The lowest BCUT2D eigenvalue weighted by molar-refractivity contribution is 0.0177. The summed E-state index contributed by atoms with van der Waals surface area (Å²) in [4.78, 5) is 14.0. The van der Waals surface area contributed by atoms with Gasteiger partial charge < -0.3 is 15.0 Å². The van der Waals surface area contributed by atoms with Crippen molar-refractivity contribution in [3.63, 3.8) is 0 Å². The Morgan fingerprint density at radius 1 is 1.32 bits per heavy atom. The third-order valence-corrected chi connectivity index (χ3v) is 3.49. The zero-order chi connectivity index (χ0) is 14.5. The molecule has 1 saturated heterocycles. The topological polar surface area (TPSA) is 41.6 Å². The number of hydrogen-bond donors (Lipinski definition) is 1. The summed E-state index contributed by atoms with van der Waals surface area (Å²) in [5.74, 6) is 0.741. The Morgan fingerprint density at radius 2 is 1.89 bits per heavy atom. The largest absolute Gasteiger partial charge is 0.444 e. The van der Waals surface area contributed by atoms with E-state index >= 15 is 0 Å². The Balaban J connectivity index is 2.45. The van der Waals surface area contributed by atoms with Gasteiger partial charge in [-0.1, -0.05) is 0 Å². The lowest BCUT2D eigenvalue weighted by atomic mass is 9.94. The maximum atomic E-state index is 12.2. The van der Waals surface area contributed by atoms with Gasteiger partial charge in [0.05, 0.1) is 0 Å². The molecule has 1 amide bonds. The van der Waals surface area contributed by atoms with Gasteiger partial charge in [-0.2, -0.15) is 0 Å². The highest BCUT2D eigenvalue weighted by atomic mass is 16.6. The number of nitrogens with one attached hydrogen (secondary N) is 1. The minimum absolute atomic E-state index is 0.184. The molecule has 4 nitrogen and oxygen atoms in total. The molecule has 0 radical (unpaired) electrons. The van der Waals surface area contributed by atoms with Gasteiger partial charge in [0, 0.05) is 12.6 Å². The standard InChI is InChI=1S/C15H30N2O2/c1-12(2)17(14(18)19-15(3,4)5)11-8-13-6-9-16-10-7-13/h12-13,16H,6-11H2,1-5H3.